The Labute approximate surface area is 288 Å². The highest BCUT2D eigenvalue weighted by molar-refractivity contribution is 5.86. The first-order valence-corrected chi connectivity index (χ1v) is 17.0. The fraction of sp³-hybridized carbons (Fsp3) is 0.500. The van der Waals surface area contributed by atoms with E-state index in [9.17, 15) is 22.8 Å². The Morgan fingerprint density at radius 2 is 1.74 bits per heavy atom. The molecule has 1 aromatic heterocycles. The van der Waals surface area contributed by atoms with E-state index in [-0.39, 0.29) is 23.1 Å². The molecule has 4 aliphatic rings. The molecule has 3 aromatic rings. The van der Waals surface area contributed by atoms with Crippen molar-refractivity contribution in [1.82, 2.24) is 25.3 Å². The van der Waals surface area contributed by atoms with Crippen molar-refractivity contribution in [3.8, 4) is 16.9 Å². The number of carboxylic acid groups (broad SMARTS) is 1. The number of aromatic amines is 1. The lowest BCUT2D eigenvalue weighted by Crippen LogP contribution is -2.73. The highest BCUT2D eigenvalue weighted by Crippen LogP contribution is 2.37. The highest BCUT2D eigenvalue weighted by atomic mass is 19.4. The maximum atomic E-state index is 13.9. The molecule has 268 valence electrons. The van der Waals surface area contributed by atoms with Crippen molar-refractivity contribution in [3.05, 3.63) is 66.5 Å². The van der Waals surface area contributed by atoms with Gasteiger partial charge in [0.2, 0.25) is 5.91 Å². The van der Waals surface area contributed by atoms with Crippen LogP contribution in [0.1, 0.15) is 45.1 Å². The standard InChI is InChI=1S/C34H42N6O3.C2HF3O2/c1-33(2,32(42)39-22-34(23-39)20-35-21-34)43-30-7-3-6-29(15-30)38-14-4-5-26(19-38)31(41)40(28-12-13-28)18-24-8-10-25(11-9-24)27-16-36-37-17-27;3-2(4,5)1(6)7/h3,6-11,15-17,26,28,35H,4-5,12-14,18-23H2,1-2H3,(H,36,37);(H,6,7)/t26-;/m1./s1. The van der Waals surface area contributed by atoms with Crippen molar-refractivity contribution in [2.24, 2.45) is 11.3 Å². The minimum absolute atomic E-state index is 0.0374. The maximum absolute atomic E-state index is 13.9. The van der Waals surface area contributed by atoms with Gasteiger partial charge in [-0.1, -0.05) is 30.3 Å². The second kappa shape index (κ2) is 14.0. The van der Waals surface area contributed by atoms with E-state index in [2.05, 4.69) is 55.6 Å². The summed E-state index contributed by atoms with van der Waals surface area (Å²) in [7, 11) is 0. The molecule has 4 fully saturated rings. The van der Waals surface area contributed by atoms with Crippen LogP contribution in [0.4, 0.5) is 18.9 Å². The van der Waals surface area contributed by atoms with Crippen LogP contribution < -0.4 is 15.0 Å². The monoisotopic (exact) mass is 696 g/mol. The van der Waals surface area contributed by atoms with E-state index < -0.39 is 17.7 Å². The van der Waals surface area contributed by atoms with Crippen LogP contribution in [0.15, 0.2) is 60.9 Å². The van der Waals surface area contributed by atoms with Gasteiger partial charge in [-0.05, 0) is 62.8 Å². The summed E-state index contributed by atoms with van der Waals surface area (Å²) < 4.78 is 38.0. The van der Waals surface area contributed by atoms with Gasteiger partial charge in [0.15, 0.2) is 5.60 Å². The number of likely N-dealkylation sites (tertiary alicyclic amines) is 1. The maximum Gasteiger partial charge on any atom is 0.490 e. The van der Waals surface area contributed by atoms with Crippen LogP contribution in [0, 0.1) is 11.3 Å². The molecule has 7 rings (SSSR count). The number of H-pyrrole nitrogens is 1. The molecule has 11 nitrogen and oxygen atoms in total. The average Bonchev–Trinajstić information content (AvgIpc) is 3.74. The molecule has 3 saturated heterocycles. The summed E-state index contributed by atoms with van der Waals surface area (Å²) in [5, 5.41) is 17.4. The van der Waals surface area contributed by atoms with Gasteiger partial charge in [0.05, 0.1) is 12.1 Å². The Balaban J connectivity index is 0.000000561. The third-order valence-electron chi connectivity index (χ3n) is 9.83. The van der Waals surface area contributed by atoms with Gasteiger partial charge in [-0.3, -0.25) is 14.7 Å². The number of benzene rings is 2. The highest BCUT2D eigenvalue weighted by Gasteiger charge is 2.52. The van der Waals surface area contributed by atoms with Crippen LogP contribution in [0.5, 0.6) is 5.75 Å². The van der Waals surface area contributed by atoms with Crippen LogP contribution in [-0.2, 0) is 20.9 Å². The molecule has 1 aliphatic carbocycles. The van der Waals surface area contributed by atoms with Gasteiger partial charge >= 0.3 is 12.1 Å². The fourth-order valence-corrected chi connectivity index (χ4v) is 6.90. The predicted molar refractivity (Wildman–Crippen MR) is 179 cm³/mol. The molecule has 14 heteroatoms. The van der Waals surface area contributed by atoms with Crippen LogP contribution in [0.25, 0.3) is 11.1 Å². The first kappa shape index (κ1) is 35.2. The average molecular weight is 697 g/mol. The number of ether oxygens (including phenoxy) is 1. The van der Waals surface area contributed by atoms with Crippen molar-refractivity contribution in [1.29, 1.82) is 0 Å². The number of carbonyl (C=O) groups is 3. The number of carbonyl (C=O) groups excluding carboxylic acids is 2. The molecule has 3 aliphatic heterocycles. The third kappa shape index (κ3) is 8.06. The van der Waals surface area contributed by atoms with E-state index >= 15 is 0 Å². The first-order valence-electron chi connectivity index (χ1n) is 17.0. The zero-order chi connectivity index (χ0) is 35.7. The Morgan fingerprint density at radius 1 is 1.04 bits per heavy atom. The van der Waals surface area contributed by atoms with Gasteiger partial charge in [-0.2, -0.15) is 18.3 Å². The van der Waals surface area contributed by atoms with Gasteiger partial charge < -0.3 is 29.9 Å². The number of hydrogen-bond donors (Lipinski definition) is 3. The molecule has 2 amide bonds. The topological polar surface area (TPSA) is 131 Å². The number of carboxylic acids is 1. The van der Waals surface area contributed by atoms with Gasteiger partial charge in [-0.25, -0.2) is 4.79 Å². The summed E-state index contributed by atoms with van der Waals surface area (Å²) in [6.45, 7) is 9.57. The number of hydrogen-bond acceptors (Lipinski definition) is 7. The van der Waals surface area contributed by atoms with E-state index in [1.807, 2.05) is 49.3 Å². The molecule has 0 unspecified atom stereocenters. The van der Waals surface area contributed by atoms with Gasteiger partial charge in [0.25, 0.3) is 5.91 Å². The van der Waals surface area contributed by atoms with Crippen LogP contribution in [0.3, 0.4) is 0 Å². The molecular formula is C36H43F3N6O5. The predicted octanol–water partition coefficient (Wildman–Crippen LogP) is 4.71. The number of aromatic nitrogens is 2. The Bertz CT molecular complexity index is 1660. The summed E-state index contributed by atoms with van der Waals surface area (Å²) in [4.78, 5) is 42.4. The second-order valence-electron chi connectivity index (χ2n) is 14.3. The van der Waals surface area contributed by atoms with Gasteiger partial charge in [-0.15, -0.1) is 0 Å². The lowest BCUT2D eigenvalue weighted by atomic mass is 9.74. The number of piperidine rings is 1. The minimum Gasteiger partial charge on any atom is -0.478 e. The summed E-state index contributed by atoms with van der Waals surface area (Å²) in [6, 6.07) is 16.8. The summed E-state index contributed by atoms with van der Waals surface area (Å²) in [6.07, 6.45) is 2.66. The fourth-order valence-electron chi connectivity index (χ4n) is 6.90. The van der Waals surface area contributed by atoms with Crippen LogP contribution >= 0.6 is 0 Å². The number of nitrogens with one attached hydrogen (secondary N) is 2. The third-order valence-corrected chi connectivity index (χ3v) is 9.83. The molecule has 1 atom stereocenters. The van der Waals surface area contributed by atoms with E-state index in [1.165, 1.54) is 0 Å². The summed E-state index contributed by atoms with van der Waals surface area (Å²) >= 11 is 0. The number of rotatable bonds is 9. The number of alkyl halides is 3. The number of nitrogens with zero attached hydrogens (tertiary/aromatic N) is 4. The van der Waals surface area contributed by atoms with Crippen molar-refractivity contribution in [3.63, 3.8) is 0 Å². The van der Waals surface area contributed by atoms with E-state index in [1.54, 1.807) is 0 Å². The van der Waals surface area contributed by atoms with Crippen molar-refractivity contribution in [2.75, 3.05) is 44.2 Å². The van der Waals surface area contributed by atoms with E-state index in [0.29, 0.717) is 24.9 Å². The van der Waals surface area contributed by atoms with Gasteiger partial charge in [0.1, 0.15) is 5.75 Å². The van der Waals surface area contributed by atoms with E-state index in [0.717, 1.165) is 80.8 Å². The zero-order valence-electron chi connectivity index (χ0n) is 28.2. The van der Waals surface area contributed by atoms with Crippen LogP contribution in [0.2, 0.25) is 0 Å². The molecule has 1 saturated carbocycles. The Hall–Kier alpha value is -4.59. The second-order valence-corrected chi connectivity index (χ2v) is 14.3. The number of halogens is 3. The zero-order valence-corrected chi connectivity index (χ0v) is 28.2. The SMILES string of the molecule is CC(C)(Oc1cccc(N2CCC[C@@H](C(=O)N(Cc3ccc(-c4cn[nH]c4)cc3)C3CC3)C2)c1)C(=O)N1CC2(CNC2)C1.O=C(O)C(F)(F)F. The Kier molecular flexibility index (Phi) is 9.84. The number of aliphatic carboxylic acids is 1. The molecule has 4 heterocycles. The quantitative estimate of drug-likeness (QED) is 0.294. The molecule has 0 radical (unpaired) electrons. The summed E-state index contributed by atoms with van der Waals surface area (Å²) in [5.41, 5.74) is 3.70. The Morgan fingerprint density at radius 3 is 2.32 bits per heavy atom. The molecular weight excluding hydrogens is 653 g/mol. The lowest BCUT2D eigenvalue weighted by molar-refractivity contribution is -0.192. The van der Waals surface area contributed by atoms with Crippen LogP contribution in [-0.4, -0.2) is 100.0 Å². The molecule has 50 heavy (non-hydrogen) atoms. The molecule has 2 aromatic carbocycles. The van der Waals surface area contributed by atoms with Crippen molar-refractivity contribution in [2.45, 2.75) is 63.9 Å². The minimum atomic E-state index is -5.08. The molecule has 1 spiro atoms. The smallest absolute Gasteiger partial charge is 0.478 e. The molecule has 0 bridgehead atoms. The van der Waals surface area contributed by atoms with Gasteiger partial charge in [0, 0.05) is 80.8 Å². The number of anilines is 1. The number of amides is 2. The molecule has 3 N–H and O–H groups in total. The normalized spacial score (nSPS) is 19.8. The lowest BCUT2D eigenvalue weighted by Gasteiger charge is -2.57. The largest absolute Gasteiger partial charge is 0.490 e. The summed E-state index contributed by atoms with van der Waals surface area (Å²) in [5.74, 6) is -1.81. The first-order chi connectivity index (χ1) is 23.7. The van der Waals surface area contributed by atoms with E-state index in [4.69, 9.17) is 14.6 Å². The van der Waals surface area contributed by atoms with Crippen molar-refractivity contribution < 1.29 is 37.4 Å². The van der Waals surface area contributed by atoms with Crippen molar-refractivity contribution >= 4 is 23.5 Å².